The molecular formula is C17H32. The number of rotatable bonds is 4. The quantitative estimate of drug-likeness (QED) is 0.562. The van der Waals surface area contributed by atoms with Crippen molar-refractivity contribution in [3.63, 3.8) is 0 Å². The summed E-state index contributed by atoms with van der Waals surface area (Å²) in [5.41, 5.74) is 3.29. The Hall–Kier alpha value is -0.260. The van der Waals surface area contributed by atoms with Crippen LogP contribution in [0, 0.1) is 35.5 Å². The number of hydrogen-bond acceptors (Lipinski definition) is 0. The highest BCUT2D eigenvalue weighted by Gasteiger charge is 2.42. The summed E-state index contributed by atoms with van der Waals surface area (Å²) in [5, 5.41) is 0. The second-order valence-electron chi connectivity index (χ2n) is 7.00. The van der Waals surface area contributed by atoms with Gasteiger partial charge in [0.05, 0.1) is 0 Å². The van der Waals surface area contributed by atoms with Crippen molar-refractivity contribution in [2.24, 2.45) is 35.5 Å². The highest BCUT2D eigenvalue weighted by molar-refractivity contribution is 5.16. The van der Waals surface area contributed by atoms with E-state index in [0.29, 0.717) is 0 Å². The fourth-order valence-corrected chi connectivity index (χ4v) is 3.47. The molecule has 3 atom stereocenters. The molecule has 0 aromatic rings. The van der Waals surface area contributed by atoms with Crippen molar-refractivity contribution in [1.29, 1.82) is 0 Å². The van der Waals surface area contributed by atoms with Gasteiger partial charge in [0, 0.05) is 0 Å². The second kappa shape index (κ2) is 5.59. The molecule has 0 aromatic carbocycles. The zero-order valence-corrected chi connectivity index (χ0v) is 13.2. The summed E-state index contributed by atoms with van der Waals surface area (Å²) in [6, 6.07) is 0. The minimum absolute atomic E-state index is 0.746. The van der Waals surface area contributed by atoms with Gasteiger partial charge in [0.15, 0.2) is 0 Å². The summed E-state index contributed by atoms with van der Waals surface area (Å²) in [6.45, 7) is 19.0. The molecule has 0 aromatic heterocycles. The molecule has 0 N–H and O–H groups in total. The van der Waals surface area contributed by atoms with Crippen molar-refractivity contribution >= 4 is 0 Å². The van der Waals surface area contributed by atoms with Crippen molar-refractivity contribution in [3.8, 4) is 0 Å². The maximum atomic E-state index is 2.44. The van der Waals surface area contributed by atoms with Gasteiger partial charge in [-0.25, -0.2) is 0 Å². The van der Waals surface area contributed by atoms with Crippen LogP contribution < -0.4 is 0 Å². The first-order valence-corrected chi connectivity index (χ1v) is 7.43. The topological polar surface area (TPSA) is 0 Å². The highest BCUT2D eigenvalue weighted by atomic mass is 14.5. The molecule has 1 saturated carbocycles. The van der Waals surface area contributed by atoms with Gasteiger partial charge in [-0.2, -0.15) is 0 Å². The Labute approximate surface area is 109 Å². The molecule has 0 heteroatoms. The van der Waals surface area contributed by atoms with Crippen molar-refractivity contribution in [1.82, 2.24) is 0 Å². The summed E-state index contributed by atoms with van der Waals surface area (Å²) in [6.07, 6.45) is 1.34. The van der Waals surface area contributed by atoms with Gasteiger partial charge in [-0.1, -0.05) is 52.7 Å². The van der Waals surface area contributed by atoms with E-state index >= 15 is 0 Å². The number of hydrogen-bond donors (Lipinski definition) is 0. The standard InChI is InChI=1S/C17H32/c1-10(2)12(5)16(11(3)4)9-17-14(7)13(6)15(17)8/h10,12-15,17H,9H2,1-8H3. The second-order valence-corrected chi connectivity index (χ2v) is 7.00. The molecule has 3 unspecified atom stereocenters. The van der Waals surface area contributed by atoms with Crippen molar-refractivity contribution in [2.75, 3.05) is 0 Å². The normalized spacial score (nSPS) is 34.4. The van der Waals surface area contributed by atoms with Crippen LogP contribution in [0.15, 0.2) is 11.1 Å². The molecular weight excluding hydrogens is 204 g/mol. The minimum Gasteiger partial charge on any atom is -0.0769 e. The lowest BCUT2D eigenvalue weighted by atomic mass is 9.56. The van der Waals surface area contributed by atoms with Gasteiger partial charge in [-0.3, -0.25) is 0 Å². The Kier molecular flexibility index (Phi) is 4.86. The van der Waals surface area contributed by atoms with Crippen LogP contribution in [-0.2, 0) is 0 Å². The molecule has 0 saturated heterocycles. The van der Waals surface area contributed by atoms with Crippen molar-refractivity contribution in [3.05, 3.63) is 11.1 Å². The van der Waals surface area contributed by atoms with Crippen LogP contribution in [0.2, 0.25) is 0 Å². The van der Waals surface area contributed by atoms with E-state index in [-0.39, 0.29) is 0 Å². The smallest absolute Gasteiger partial charge is 0.0206 e. The van der Waals surface area contributed by atoms with Gasteiger partial charge in [0.25, 0.3) is 0 Å². The maximum absolute atomic E-state index is 2.44. The average Bonchev–Trinajstić information content (AvgIpc) is 2.27. The average molecular weight is 236 g/mol. The molecule has 1 aliphatic carbocycles. The third-order valence-electron chi connectivity index (χ3n) is 5.66. The Bertz CT molecular complexity index is 270. The van der Waals surface area contributed by atoms with E-state index in [4.69, 9.17) is 0 Å². The van der Waals surface area contributed by atoms with E-state index in [1.54, 1.807) is 11.1 Å². The lowest BCUT2D eigenvalue weighted by Crippen LogP contribution is -2.42. The third kappa shape index (κ3) is 2.95. The van der Waals surface area contributed by atoms with E-state index in [1.807, 2.05) is 0 Å². The highest BCUT2D eigenvalue weighted by Crippen LogP contribution is 2.49. The molecule has 0 amide bonds. The molecule has 0 aliphatic heterocycles. The van der Waals surface area contributed by atoms with Crippen LogP contribution in [0.3, 0.4) is 0 Å². The molecule has 0 radical (unpaired) electrons. The van der Waals surface area contributed by atoms with Crippen LogP contribution in [-0.4, -0.2) is 0 Å². The van der Waals surface area contributed by atoms with Gasteiger partial charge in [-0.15, -0.1) is 0 Å². The lowest BCUT2D eigenvalue weighted by Gasteiger charge is -2.49. The van der Waals surface area contributed by atoms with Crippen LogP contribution in [0.5, 0.6) is 0 Å². The third-order valence-corrected chi connectivity index (χ3v) is 5.66. The van der Waals surface area contributed by atoms with E-state index in [9.17, 15) is 0 Å². The molecule has 0 nitrogen and oxygen atoms in total. The lowest BCUT2D eigenvalue weighted by molar-refractivity contribution is 0.0141. The Morgan fingerprint density at radius 1 is 0.882 bits per heavy atom. The van der Waals surface area contributed by atoms with E-state index in [2.05, 4.69) is 55.4 Å². The van der Waals surface area contributed by atoms with E-state index < -0.39 is 0 Å². The van der Waals surface area contributed by atoms with E-state index in [0.717, 1.165) is 35.5 Å². The summed E-state index contributed by atoms with van der Waals surface area (Å²) in [7, 11) is 0. The molecule has 100 valence electrons. The molecule has 0 heterocycles. The zero-order valence-electron chi connectivity index (χ0n) is 13.2. The fourth-order valence-electron chi connectivity index (χ4n) is 3.47. The first kappa shape index (κ1) is 14.8. The molecule has 0 bridgehead atoms. The van der Waals surface area contributed by atoms with Crippen molar-refractivity contribution in [2.45, 2.75) is 61.8 Å². The van der Waals surface area contributed by atoms with Gasteiger partial charge in [-0.05, 0) is 55.8 Å². The van der Waals surface area contributed by atoms with Gasteiger partial charge in [0.2, 0.25) is 0 Å². The monoisotopic (exact) mass is 236 g/mol. The Morgan fingerprint density at radius 3 is 1.71 bits per heavy atom. The Morgan fingerprint density at radius 2 is 1.35 bits per heavy atom. The molecule has 17 heavy (non-hydrogen) atoms. The van der Waals surface area contributed by atoms with Crippen LogP contribution in [0.25, 0.3) is 0 Å². The predicted molar refractivity (Wildman–Crippen MR) is 78.0 cm³/mol. The first-order chi connectivity index (χ1) is 7.77. The number of allylic oxidation sites excluding steroid dienone is 2. The van der Waals surface area contributed by atoms with Crippen LogP contribution in [0.1, 0.15) is 61.8 Å². The molecule has 0 spiro atoms. The van der Waals surface area contributed by atoms with Crippen LogP contribution >= 0.6 is 0 Å². The first-order valence-electron chi connectivity index (χ1n) is 7.43. The minimum atomic E-state index is 0.746. The summed E-state index contributed by atoms with van der Waals surface area (Å²) in [5.74, 6) is 5.19. The maximum Gasteiger partial charge on any atom is -0.0206 e. The molecule has 1 fully saturated rings. The van der Waals surface area contributed by atoms with Gasteiger partial charge < -0.3 is 0 Å². The summed E-state index contributed by atoms with van der Waals surface area (Å²) in [4.78, 5) is 0. The van der Waals surface area contributed by atoms with Gasteiger partial charge in [0.1, 0.15) is 0 Å². The zero-order chi connectivity index (χ0) is 13.3. The van der Waals surface area contributed by atoms with Gasteiger partial charge >= 0.3 is 0 Å². The largest absolute Gasteiger partial charge is 0.0769 e. The van der Waals surface area contributed by atoms with E-state index in [1.165, 1.54) is 6.42 Å². The SMILES string of the molecule is CC(C)=C(CC1C(C)C(C)C1C)C(C)C(C)C. The fraction of sp³-hybridized carbons (Fsp3) is 0.882. The summed E-state index contributed by atoms with van der Waals surface area (Å²) < 4.78 is 0. The van der Waals surface area contributed by atoms with Crippen LogP contribution in [0.4, 0.5) is 0 Å². The molecule has 1 rings (SSSR count). The molecule has 1 aliphatic rings. The predicted octanol–water partition coefficient (Wildman–Crippen LogP) is 5.54. The summed E-state index contributed by atoms with van der Waals surface area (Å²) >= 11 is 0. The Balaban J connectivity index is 2.74. The van der Waals surface area contributed by atoms with Crippen molar-refractivity contribution < 1.29 is 0 Å².